The van der Waals surface area contributed by atoms with E-state index >= 15 is 0 Å². The van der Waals surface area contributed by atoms with E-state index in [4.69, 9.17) is 10.5 Å². The number of ether oxygens (including phenoxy) is 1. The van der Waals surface area contributed by atoms with E-state index in [1.54, 1.807) is 17.6 Å². The van der Waals surface area contributed by atoms with Gasteiger partial charge in [0.2, 0.25) is 0 Å². The summed E-state index contributed by atoms with van der Waals surface area (Å²) in [5.74, 6) is -0.0967. The second kappa shape index (κ2) is 7.85. The molecule has 1 fully saturated rings. The molecule has 4 aromatic rings. The zero-order valence-electron chi connectivity index (χ0n) is 16.1. The fraction of sp³-hybridized carbons (Fsp3) is 0.238. The number of thiophene rings is 1. The molecular weight excluding hydrogens is 400 g/mol. The van der Waals surface area contributed by atoms with Gasteiger partial charge in [-0.1, -0.05) is 18.2 Å². The number of benzene rings is 1. The first-order valence-corrected chi connectivity index (χ1v) is 10.6. The lowest BCUT2D eigenvalue weighted by atomic mass is 10.2. The lowest BCUT2D eigenvalue weighted by Gasteiger charge is -2.10. The highest BCUT2D eigenvalue weighted by Gasteiger charge is 2.25. The van der Waals surface area contributed by atoms with Crippen LogP contribution in [0, 0.1) is 0 Å². The summed E-state index contributed by atoms with van der Waals surface area (Å²) in [6.07, 6.45) is 3.68. The molecule has 1 amide bonds. The molecule has 3 N–H and O–H groups in total. The number of hydrogen-bond acceptors (Lipinski definition) is 7. The normalized spacial score (nSPS) is 16.7. The van der Waals surface area contributed by atoms with E-state index in [-0.39, 0.29) is 23.4 Å². The van der Waals surface area contributed by atoms with Crippen LogP contribution in [0.15, 0.2) is 46.9 Å². The first-order valence-electron chi connectivity index (χ1n) is 9.75. The van der Waals surface area contributed by atoms with Crippen molar-refractivity contribution in [3.63, 3.8) is 0 Å². The topological polar surface area (TPSA) is 107 Å². The highest BCUT2D eigenvalue weighted by atomic mass is 32.1. The van der Waals surface area contributed by atoms with Crippen molar-refractivity contribution in [2.45, 2.75) is 18.9 Å². The predicted molar refractivity (Wildman–Crippen MR) is 118 cm³/mol. The van der Waals surface area contributed by atoms with Gasteiger partial charge in [-0.25, -0.2) is 9.97 Å². The number of fused-ring (bicyclic) bond motifs is 2. The minimum atomic E-state index is -0.303. The smallest absolute Gasteiger partial charge is 0.257 e. The molecule has 0 unspecified atom stereocenters. The standard InChI is InChI=1S/C21H20N6O2S/c22-19-17(21(28)23-11-13-5-3-9-29-13)18-20(26-16-8-2-1-7-15(16)25-18)27(19)24-12-14-6-4-10-30-14/h1-2,4,6-8,10,12-13H,3,5,9,11,22H2,(H,23,28)/b24-12-/t13-/m0/s1. The van der Waals surface area contributed by atoms with Crippen LogP contribution in [-0.4, -0.2) is 46.0 Å². The van der Waals surface area contributed by atoms with Crippen molar-refractivity contribution < 1.29 is 9.53 Å². The van der Waals surface area contributed by atoms with Crippen molar-refractivity contribution in [3.8, 4) is 0 Å². The van der Waals surface area contributed by atoms with Gasteiger partial charge in [-0.3, -0.25) is 4.79 Å². The molecule has 0 bridgehead atoms. The minimum Gasteiger partial charge on any atom is -0.383 e. The summed E-state index contributed by atoms with van der Waals surface area (Å²) in [5.41, 5.74) is 8.94. The average Bonchev–Trinajstić information content (AvgIpc) is 3.50. The van der Waals surface area contributed by atoms with Gasteiger partial charge in [0, 0.05) is 18.0 Å². The Morgan fingerprint density at radius 1 is 1.30 bits per heavy atom. The first kappa shape index (κ1) is 18.7. The van der Waals surface area contributed by atoms with E-state index in [2.05, 4.69) is 20.4 Å². The molecule has 1 aromatic carbocycles. The number of para-hydroxylation sites is 2. The Bertz CT molecular complexity index is 1240. The third-order valence-corrected chi connectivity index (χ3v) is 5.87. The second-order valence-corrected chi connectivity index (χ2v) is 8.04. The molecule has 4 heterocycles. The Kier molecular flexibility index (Phi) is 4.89. The molecule has 0 saturated carbocycles. The number of nitrogens with two attached hydrogens (primary N) is 1. The quantitative estimate of drug-likeness (QED) is 0.483. The molecular formula is C21H20N6O2S. The van der Waals surface area contributed by atoms with Crippen molar-refractivity contribution in [1.29, 1.82) is 0 Å². The van der Waals surface area contributed by atoms with Gasteiger partial charge >= 0.3 is 0 Å². The number of aromatic nitrogens is 3. The zero-order valence-corrected chi connectivity index (χ0v) is 16.9. The Balaban J connectivity index is 1.60. The van der Waals surface area contributed by atoms with Gasteiger partial charge in [-0.05, 0) is 36.4 Å². The van der Waals surface area contributed by atoms with Crippen molar-refractivity contribution >= 4 is 51.5 Å². The van der Waals surface area contributed by atoms with Gasteiger partial charge in [0.05, 0.1) is 23.4 Å². The van der Waals surface area contributed by atoms with Gasteiger partial charge in [-0.2, -0.15) is 9.78 Å². The number of rotatable bonds is 5. The van der Waals surface area contributed by atoms with Gasteiger partial charge in [0.25, 0.3) is 5.91 Å². The van der Waals surface area contributed by atoms with Gasteiger partial charge in [0.15, 0.2) is 5.65 Å². The van der Waals surface area contributed by atoms with Crippen LogP contribution in [0.3, 0.4) is 0 Å². The number of nitrogen functional groups attached to an aromatic ring is 1. The highest BCUT2D eigenvalue weighted by molar-refractivity contribution is 7.11. The van der Waals surface area contributed by atoms with E-state index in [1.165, 1.54) is 4.68 Å². The van der Waals surface area contributed by atoms with Crippen molar-refractivity contribution in [2.75, 3.05) is 18.9 Å². The van der Waals surface area contributed by atoms with Crippen LogP contribution in [0.5, 0.6) is 0 Å². The summed E-state index contributed by atoms with van der Waals surface area (Å²) in [7, 11) is 0. The van der Waals surface area contributed by atoms with E-state index in [0.717, 1.165) is 24.3 Å². The van der Waals surface area contributed by atoms with Crippen LogP contribution in [0.25, 0.3) is 22.2 Å². The fourth-order valence-corrected chi connectivity index (χ4v) is 4.15. The maximum atomic E-state index is 13.0. The number of carbonyl (C=O) groups is 1. The molecule has 1 atom stereocenters. The Morgan fingerprint density at radius 3 is 2.87 bits per heavy atom. The highest BCUT2D eigenvalue weighted by Crippen LogP contribution is 2.28. The van der Waals surface area contributed by atoms with Crippen LogP contribution >= 0.6 is 11.3 Å². The van der Waals surface area contributed by atoms with Crippen LogP contribution in [-0.2, 0) is 4.74 Å². The summed E-state index contributed by atoms with van der Waals surface area (Å²) < 4.78 is 7.08. The molecule has 1 aliphatic rings. The molecule has 1 aliphatic heterocycles. The molecule has 0 aliphatic carbocycles. The molecule has 3 aromatic heterocycles. The maximum Gasteiger partial charge on any atom is 0.257 e. The van der Waals surface area contributed by atoms with Crippen molar-refractivity contribution in [1.82, 2.24) is 20.0 Å². The Hall–Kier alpha value is -3.30. The number of hydrogen-bond donors (Lipinski definition) is 2. The third-order valence-electron chi connectivity index (χ3n) is 5.06. The minimum absolute atomic E-state index is 0.0345. The predicted octanol–water partition coefficient (Wildman–Crippen LogP) is 3.02. The third kappa shape index (κ3) is 3.42. The fourth-order valence-electron chi connectivity index (χ4n) is 3.57. The largest absolute Gasteiger partial charge is 0.383 e. The maximum absolute atomic E-state index is 13.0. The SMILES string of the molecule is Nc1c(C(=O)NC[C@@H]2CCCO2)c2nc3ccccc3nc2n1/N=C\c1cccs1. The number of nitrogens with one attached hydrogen (secondary N) is 1. The van der Waals surface area contributed by atoms with Crippen molar-refractivity contribution in [3.05, 3.63) is 52.2 Å². The Labute approximate surface area is 176 Å². The summed E-state index contributed by atoms with van der Waals surface area (Å²) in [6.45, 7) is 1.17. The van der Waals surface area contributed by atoms with E-state index in [1.807, 2.05) is 41.8 Å². The van der Waals surface area contributed by atoms with Crippen LogP contribution in [0.2, 0.25) is 0 Å². The number of nitrogens with zero attached hydrogens (tertiary/aromatic N) is 4. The van der Waals surface area contributed by atoms with Crippen LogP contribution < -0.4 is 11.1 Å². The van der Waals surface area contributed by atoms with Gasteiger partial charge in [0.1, 0.15) is 16.9 Å². The molecule has 8 nitrogen and oxygen atoms in total. The Morgan fingerprint density at radius 2 is 2.13 bits per heavy atom. The summed E-state index contributed by atoms with van der Waals surface area (Å²) in [6, 6.07) is 11.4. The number of amides is 1. The van der Waals surface area contributed by atoms with E-state index in [9.17, 15) is 4.79 Å². The molecule has 5 rings (SSSR count). The first-order chi connectivity index (χ1) is 14.7. The average molecular weight is 420 g/mol. The number of carbonyl (C=O) groups excluding carboxylic acids is 1. The summed E-state index contributed by atoms with van der Waals surface area (Å²) in [5, 5.41) is 9.39. The zero-order chi connectivity index (χ0) is 20.5. The lowest BCUT2D eigenvalue weighted by Crippen LogP contribution is -2.32. The number of anilines is 1. The van der Waals surface area contributed by atoms with Crippen LogP contribution in [0.1, 0.15) is 28.1 Å². The second-order valence-electron chi connectivity index (χ2n) is 7.06. The van der Waals surface area contributed by atoms with E-state index < -0.39 is 0 Å². The van der Waals surface area contributed by atoms with Crippen LogP contribution in [0.4, 0.5) is 5.82 Å². The summed E-state index contributed by atoms with van der Waals surface area (Å²) >= 11 is 1.56. The van der Waals surface area contributed by atoms with Gasteiger partial charge < -0.3 is 15.8 Å². The molecule has 1 saturated heterocycles. The van der Waals surface area contributed by atoms with Crippen molar-refractivity contribution in [2.24, 2.45) is 5.10 Å². The molecule has 152 valence electrons. The lowest BCUT2D eigenvalue weighted by molar-refractivity contribution is 0.0859. The molecule has 9 heteroatoms. The molecule has 0 spiro atoms. The summed E-state index contributed by atoms with van der Waals surface area (Å²) in [4.78, 5) is 23.4. The monoisotopic (exact) mass is 420 g/mol. The molecule has 30 heavy (non-hydrogen) atoms. The molecule has 0 radical (unpaired) electrons. The van der Waals surface area contributed by atoms with E-state index in [0.29, 0.717) is 28.7 Å². The van der Waals surface area contributed by atoms with Gasteiger partial charge in [-0.15, -0.1) is 11.3 Å².